The summed E-state index contributed by atoms with van der Waals surface area (Å²) in [4.78, 5) is 37.5. The van der Waals surface area contributed by atoms with E-state index in [1.165, 1.54) is 7.11 Å². The van der Waals surface area contributed by atoms with Gasteiger partial charge >= 0.3 is 5.97 Å². The third kappa shape index (κ3) is 4.01. The molecule has 29 heavy (non-hydrogen) atoms. The first-order valence-corrected chi connectivity index (χ1v) is 9.53. The van der Waals surface area contributed by atoms with Crippen LogP contribution in [0, 0.1) is 0 Å². The summed E-state index contributed by atoms with van der Waals surface area (Å²) in [5.41, 5.74) is 0.654. The lowest BCUT2D eigenvalue weighted by atomic mass is 9.84. The van der Waals surface area contributed by atoms with Gasteiger partial charge in [0.25, 0.3) is 0 Å². The second kappa shape index (κ2) is 8.07. The van der Waals surface area contributed by atoms with Crippen molar-refractivity contribution in [3.8, 4) is 5.75 Å². The summed E-state index contributed by atoms with van der Waals surface area (Å²) in [5, 5.41) is 0. The zero-order valence-electron chi connectivity index (χ0n) is 17.0. The van der Waals surface area contributed by atoms with Crippen molar-refractivity contribution < 1.29 is 28.6 Å². The predicted molar refractivity (Wildman–Crippen MR) is 107 cm³/mol. The van der Waals surface area contributed by atoms with Gasteiger partial charge in [0, 0.05) is 16.7 Å². The van der Waals surface area contributed by atoms with Gasteiger partial charge in [-0.2, -0.15) is 0 Å². The van der Waals surface area contributed by atoms with Gasteiger partial charge in [-0.1, -0.05) is 6.08 Å². The van der Waals surface area contributed by atoms with Crippen LogP contribution in [0.5, 0.6) is 5.75 Å². The molecule has 0 aromatic heterocycles. The zero-order chi connectivity index (χ0) is 21.2. The average molecular weight is 396 g/mol. The molecule has 6 heteroatoms. The minimum Gasteiger partial charge on any atom is -0.497 e. The fraction of sp³-hybridized carbons (Fsp3) is 0.348. The summed E-state index contributed by atoms with van der Waals surface area (Å²) in [5.74, 6) is -0.328. The van der Waals surface area contributed by atoms with Gasteiger partial charge in [0.05, 0.1) is 19.3 Å². The Hall–Kier alpha value is -3.15. The van der Waals surface area contributed by atoms with Crippen LogP contribution in [0.1, 0.15) is 54.3 Å². The Morgan fingerprint density at radius 1 is 1.21 bits per heavy atom. The molecular formula is C23H24O6. The molecule has 0 saturated carbocycles. The van der Waals surface area contributed by atoms with Crippen LogP contribution in [0.25, 0.3) is 0 Å². The number of fused-ring (bicyclic) bond motifs is 1. The monoisotopic (exact) mass is 396 g/mol. The number of hydrogen-bond donors (Lipinski definition) is 0. The van der Waals surface area contributed by atoms with Crippen LogP contribution in [-0.4, -0.2) is 36.9 Å². The maximum Gasteiger partial charge on any atom is 0.333 e. The Morgan fingerprint density at radius 3 is 2.66 bits per heavy atom. The van der Waals surface area contributed by atoms with Crippen LogP contribution < -0.4 is 4.74 Å². The first-order chi connectivity index (χ1) is 13.8. The number of carbonyl (C=O) groups excluding carboxylic acids is 3. The molecule has 1 aromatic carbocycles. The number of Topliss-reactive ketones (excluding diaryl/α,β-unsaturated/α-hetero) is 2. The van der Waals surface area contributed by atoms with Gasteiger partial charge in [-0.3, -0.25) is 9.59 Å². The number of allylic oxidation sites excluding steroid dienone is 4. The Labute approximate surface area is 169 Å². The minimum absolute atomic E-state index is 0.0729. The fourth-order valence-electron chi connectivity index (χ4n) is 3.35. The maximum atomic E-state index is 12.9. The lowest BCUT2D eigenvalue weighted by Crippen LogP contribution is -2.34. The quantitative estimate of drug-likeness (QED) is 0.535. The third-order valence-corrected chi connectivity index (χ3v) is 5.04. The van der Waals surface area contributed by atoms with Crippen LogP contribution in [0.3, 0.4) is 0 Å². The first-order valence-electron chi connectivity index (χ1n) is 9.53. The van der Waals surface area contributed by atoms with Gasteiger partial charge < -0.3 is 14.2 Å². The van der Waals surface area contributed by atoms with Crippen LogP contribution >= 0.6 is 0 Å². The molecule has 1 atom stereocenters. The summed E-state index contributed by atoms with van der Waals surface area (Å²) in [6, 6.07) is 4.81. The van der Waals surface area contributed by atoms with Crippen molar-refractivity contribution in [2.75, 3.05) is 13.7 Å². The van der Waals surface area contributed by atoms with Crippen LogP contribution in [0.15, 0.2) is 53.3 Å². The Balaban J connectivity index is 1.78. The van der Waals surface area contributed by atoms with E-state index in [0.29, 0.717) is 41.9 Å². The molecule has 1 aliphatic carbocycles. The van der Waals surface area contributed by atoms with Gasteiger partial charge in [0.15, 0.2) is 11.5 Å². The van der Waals surface area contributed by atoms with Crippen molar-refractivity contribution in [3.05, 3.63) is 64.5 Å². The van der Waals surface area contributed by atoms with E-state index < -0.39 is 5.60 Å². The van der Waals surface area contributed by atoms with Crippen molar-refractivity contribution >= 4 is 17.5 Å². The van der Waals surface area contributed by atoms with E-state index >= 15 is 0 Å². The van der Waals surface area contributed by atoms with Gasteiger partial charge in [-0.25, -0.2) is 4.79 Å². The molecular weight excluding hydrogens is 372 g/mol. The molecule has 1 aromatic rings. The summed E-state index contributed by atoms with van der Waals surface area (Å²) in [6.45, 7) is 5.64. The van der Waals surface area contributed by atoms with E-state index in [-0.39, 0.29) is 28.9 Å². The van der Waals surface area contributed by atoms with Crippen molar-refractivity contribution in [3.63, 3.8) is 0 Å². The molecule has 152 valence electrons. The number of carbonyl (C=O) groups is 3. The zero-order valence-corrected chi connectivity index (χ0v) is 17.0. The van der Waals surface area contributed by atoms with E-state index in [4.69, 9.17) is 14.2 Å². The number of benzene rings is 1. The Kier molecular flexibility index (Phi) is 5.73. The average Bonchev–Trinajstić information content (AvgIpc) is 2.71. The van der Waals surface area contributed by atoms with Crippen LogP contribution in [0.2, 0.25) is 0 Å². The van der Waals surface area contributed by atoms with Crippen LogP contribution in [0.4, 0.5) is 0 Å². The number of hydrogen-bond acceptors (Lipinski definition) is 6. The highest BCUT2D eigenvalue weighted by Gasteiger charge is 2.39. The first kappa shape index (κ1) is 20.6. The molecule has 0 N–H and O–H groups in total. The van der Waals surface area contributed by atoms with Crippen molar-refractivity contribution in [2.24, 2.45) is 0 Å². The molecule has 0 spiro atoms. The number of ketones is 2. The van der Waals surface area contributed by atoms with E-state index in [0.717, 1.165) is 0 Å². The number of ether oxygens (including phenoxy) is 3. The highest BCUT2D eigenvalue weighted by Crippen LogP contribution is 2.37. The summed E-state index contributed by atoms with van der Waals surface area (Å²) in [6.07, 6.45) is 6.33. The molecule has 1 heterocycles. The van der Waals surface area contributed by atoms with Crippen molar-refractivity contribution in [2.45, 2.75) is 39.2 Å². The SMILES string of the molecule is CCOC(=O)/C(C)=C\CC[C@]1(C)C=CC2=C(O1)C(=O)c1ccc(OC)cc1C2=O. The molecule has 0 amide bonds. The number of methoxy groups -OCH3 is 1. The Morgan fingerprint density at radius 2 is 1.97 bits per heavy atom. The number of esters is 1. The van der Waals surface area contributed by atoms with E-state index in [1.807, 2.05) is 6.92 Å². The Bertz CT molecular complexity index is 966. The van der Waals surface area contributed by atoms with E-state index in [1.54, 1.807) is 50.3 Å². The molecule has 6 nitrogen and oxygen atoms in total. The minimum atomic E-state index is -0.760. The second-order valence-corrected chi connectivity index (χ2v) is 7.21. The highest BCUT2D eigenvalue weighted by atomic mass is 16.5. The topological polar surface area (TPSA) is 78.9 Å². The van der Waals surface area contributed by atoms with Gasteiger partial charge in [-0.15, -0.1) is 0 Å². The summed E-state index contributed by atoms with van der Waals surface area (Å²) < 4.78 is 16.1. The number of rotatable bonds is 6. The standard InChI is InChI=1S/C23H24O6/c1-5-28-22(26)14(2)7-6-11-23(3)12-10-17-19(24)18-13-15(27-4)8-9-16(18)20(25)21(17)29-23/h7-10,12-13H,5-6,11H2,1-4H3/b14-7-/t23-/m1/s1. The normalized spacial score (nSPS) is 20.8. The lowest BCUT2D eigenvalue weighted by molar-refractivity contribution is -0.138. The molecule has 0 saturated heterocycles. The molecule has 0 radical (unpaired) electrons. The van der Waals surface area contributed by atoms with Gasteiger partial charge in [-0.05, 0) is 64.0 Å². The maximum absolute atomic E-state index is 12.9. The van der Waals surface area contributed by atoms with Crippen molar-refractivity contribution in [1.29, 1.82) is 0 Å². The van der Waals surface area contributed by atoms with E-state index in [9.17, 15) is 14.4 Å². The van der Waals surface area contributed by atoms with Crippen LogP contribution in [-0.2, 0) is 14.3 Å². The predicted octanol–water partition coefficient (Wildman–Crippen LogP) is 3.96. The molecule has 0 bridgehead atoms. The lowest BCUT2D eigenvalue weighted by Gasteiger charge is -2.34. The smallest absolute Gasteiger partial charge is 0.333 e. The largest absolute Gasteiger partial charge is 0.497 e. The summed E-state index contributed by atoms with van der Waals surface area (Å²) in [7, 11) is 1.51. The molecule has 1 aliphatic heterocycles. The van der Waals surface area contributed by atoms with E-state index in [2.05, 4.69) is 0 Å². The molecule has 0 fully saturated rings. The van der Waals surface area contributed by atoms with Gasteiger partial charge in [0.2, 0.25) is 5.78 Å². The molecule has 3 rings (SSSR count). The third-order valence-electron chi connectivity index (χ3n) is 5.04. The highest BCUT2D eigenvalue weighted by molar-refractivity contribution is 6.27. The molecule has 0 unspecified atom stereocenters. The van der Waals surface area contributed by atoms with Crippen molar-refractivity contribution in [1.82, 2.24) is 0 Å². The molecule has 2 aliphatic rings. The fourth-order valence-corrected chi connectivity index (χ4v) is 3.35. The second-order valence-electron chi connectivity index (χ2n) is 7.21. The summed E-state index contributed by atoms with van der Waals surface area (Å²) >= 11 is 0. The van der Waals surface area contributed by atoms with Gasteiger partial charge in [0.1, 0.15) is 11.4 Å².